The standard InChI is InChI=1S/C21H25IN4O4/c22-15-6-7-24-20(19(15)18-10-23-8-9-29-18)26-11-16(17(27)12-26)25-21(28)30-13-14-4-2-1-3-5-14/h1-7,16-18,23,27H,8-13H2,(H,25,28). The van der Waals surface area contributed by atoms with Crippen LogP contribution in [0.4, 0.5) is 10.6 Å². The second-order valence-corrected chi connectivity index (χ2v) is 8.54. The first-order valence-electron chi connectivity index (χ1n) is 9.99. The number of rotatable bonds is 5. The fourth-order valence-electron chi connectivity index (χ4n) is 3.76. The lowest BCUT2D eigenvalue weighted by Gasteiger charge is -2.29. The molecule has 8 nitrogen and oxygen atoms in total. The number of carbonyl (C=O) groups excluding carboxylic acids is 1. The molecule has 3 unspecified atom stereocenters. The van der Waals surface area contributed by atoms with Gasteiger partial charge in [0.1, 0.15) is 12.4 Å². The molecule has 2 aromatic rings. The minimum Gasteiger partial charge on any atom is -0.445 e. The zero-order valence-electron chi connectivity index (χ0n) is 16.5. The number of aliphatic hydroxyl groups is 1. The van der Waals surface area contributed by atoms with Crippen molar-refractivity contribution in [1.29, 1.82) is 0 Å². The number of ether oxygens (including phenoxy) is 2. The minimum absolute atomic E-state index is 0.0886. The number of β-amino-alcohol motifs (C(OH)–C–C–N with tert-alkyl or cyclic N) is 1. The lowest BCUT2D eigenvalue weighted by Crippen LogP contribution is -2.43. The summed E-state index contributed by atoms with van der Waals surface area (Å²) in [5.74, 6) is 0.789. The molecule has 0 spiro atoms. The summed E-state index contributed by atoms with van der Waals surface area (Å²) in [5, 5.41) is 16.7. The predicted molar refractivity (Wildman–Crippen MR) is 120 cm³/mol. The van der Waals surface area contributed by atoms with Gasteiger partial charge in [0.05, 0.1) is 24.9 Å². The number of amides is 1. The number of nitrogens with one attached hydrogen (secondary N) is 2. The van der Waals surface area contributed by atoms with Gasteiger partial charge in [0.15, 0.2) is 0 Å². The Labute approximate surface area is 189 Å². The van der Waals surface area contributed by atoms with Crippen molar-refractivity contribution in [2.45, 2.75) is 24.9 Å². The quantitative estimate of drug-likeness (QED) is 0.514. The highest BCUT2D eigenvalue weighted by Gasteiger charge is 2.36. The van der Waals surface area contributed by atoms with Crippen LogP contribution in [0.3, 0.4) is 0 Å². The Bertz CT molecular complexity index is 863. The molecule has 3 atom stereocenters. The maximum atomic E-state index is 12.2. The van der Waals surface area contributed by atoms with E-state index in [1.807, 2.05) is 41.3 Å². The van der Waals surface area contributed by atoms with Crippen molar-refractivity contribution >= 4 is 34.5 Å². The third-order valence-electron chi connectivity index (χ3n) is 5.27. The van der Waals surface area contributed by atoms with E-state index >= 15 is 0 Å². The SMILES string of the molecule is O=C(NC1CN(c2nccc(I)c2C2CNCCO2)CC1O)OCc1ccccc1. The number of anilines is 1. The third-order valence-corrected chi connectivity index (χ3v) is 6.21. The molecule has 160 valence electrons. The second-order valence-electron chi connectivity index (χ2n) is 7.38. The molecule has 0 saturated carbocycles. The Kier molecular flexibility index (Phi) is 7.03. The zero-order valence-corrected chi connectivity index (χ0v) is 18.6. The van der Waals surface area contributed by atoms with Gasteiger partial charge in [-0.2, -0.15) is 0 Å². The van der Waals surface area contributed by atoms with E-state index in [0.29, 0.717) is 19.7 Å². The molecule has 1 aromatic heterocycles. The maximum absolute atomic E-state index is 12.2. The second kappa shape index (κ2) is 9.90. The average Bonchev–Trinajstić information content (AvgIpc) is 3.13. The first-order valence-corrected chi connectivity index (χ1v) is 11.1. The Morgan fingerprint density at radius 1 is 1.33 bits per heavy atom. The van der Waals surface area contributed by atoms with Crippen LogP contribution in [0.25, 0.3) is 0 Å². The van der Waals surface area contributed by atoms with E-state index in [1.165, 1.54) is 0 Å². The van der Waals surface area contributed by atoms with Crippen LogP contribution in [0, 0.1) is 3.57 Å². The number of aliphatic hydroxyl groups excluding tert-OH is 1. The smallest absolute Gasteiger partial charge is 0.407 e. The van der Waals surface area contributed by atoms with E-state index in [9.17, 15) is 9.90 Å². The molecule has 3 heterocycles. The summed E-state index contributed by atoms with van der Waals surface area (Å²) >= 11 is 2.29. The van der Waals surface area contributed by atoms with Crippen molar-refractivity contribution in [3.05, 3.63) is 57.3 Å². The van der Waals surface area contributed by atoms with Crippen LogP contribution in [0.15, 0.2) is 42.6 Å². The fraction of sp³-hybridized carbons (Fsp3) is 0.429. The molecule has 2 aliphatic rings. The van der Waals surface area contributed by atoms with Crippen molar-refractivity contribution in [2.75, 3.05) is 37.7 Å². The number of alkyl carbamates (subject to hydrolysis) is 1. The minimum atomic E-state index is -0.716. The van der Waals surface area contributed by atoms with Crippen molar-refractivity contribution in [3.63, 3.8) is 0 Å². The van der Waals surface area contributed by atoms with Crippen LogP contribution >= 0.6 is 22.6 Å². The fourth-order valence-corrected chi connectivity index (χ4v) is 4.51. The van der Waals surface area contributed by atoms with Gasteiger partial charge in [-0.15, -0.1) is 0 Å². The molecule has 2 aliphatic heterocycles. The van der Waals surface area contributed by atoms with Crippen molar-refractivity contribution in [3.8, 4) is 0 Å². The summed E-state index contributed by atoms with van der Waals surface area (Å²) < 4.78 is 12.3. The van der Waals surface area contributed by atoms with E-state index in [4.69, 9.17) is 9.47 Å². The Morgan fingerprint density at radius 2 is 2.17 bits per heavy atom. The highest BCUT2D eigenvalue weighted by atomic mass is 127. The monoisotopic (exact) mass is 524 g/mol. The number of benzene rings is 1. The topological polar surface area (TPSA) is 96.0 Å². The van der Waals surface area contributed by atoms with Crippen LogP contribution in [-0.4, -0.2) is 61.1 Å². The summed E-state index contributed by atoms with van der Waals surface area (Å²) in [6, 6.07) is 11.0. The molecule has 0 bridgehead atoms. The number of carbonyl (C=O) groups is 1. The van der Waals surface area contributed by atoms with Crippen LogP contribution in [0.5, 0.6) is 0 Å². The first kappa shape index (κ1) is 21.3. The maximum Gasteiger partial charge on any atom is 0.407 e. The summed E-state index contributed by atoms with van der Waals surface area (Å²) in [5.41, 5.74) is 1.93. The Hall–Kier alpha value is -1.95. The summed E-state index contributed by atoms with van der Waals surface area (Å²) in [4.78, 5) is 18.8. The molecular weight excluding hydrogens is 499 g/mol. The van der Waals surface area contributed by atoms with Crippen molar-refractivity contribution in [2.24, 2.45) is 0 Å². The summed E-state index contributed by atoms with van der Waals surface area (Å²) in [6.45, 7) is 3.22. The molecule has 0 aliphatic carbocycles. The van der Waals surface area contributed by atoms with E-state index < -0.39 is 18.2 Å². The van der Waals surface area contributed by atoms with Gasteiger partial charge < -0.3 is 30.1 Å². The highest BCUT2D eigenvalue weighted by molar-refractivity contribution is 14.1. The average molecular weight is 524 g/mol. The largest absolute Gasteiger partial charge is 0.445 e. The van der Waals surface area contributed by atoms with E-state index in [-0.39, 0.29) is 12.7 Å². The van der Waals surface area contributed by atoms with Crippen LogP contribution in [-0.2, 0) is 16.1 Å². The number of pyridine rings is 1. The van der Waals surface area contributed by atoms with Gasteiger partial charge >= 0.3 is 6.09 Å². The van der Waals surface area contributed by atoms with Crippen molar-refractivity contribution in [1.82, 2.24) is 15.6 Å². The highest BCUT2D eigenvalue weighted by Crippen LogP contribution is 2.33. The molecule has 2 fully saturated rings. The van der Waals surface area contributed by atoms with Gasteiger partial charge in [0.25, 0.3) is 0 Å². The predicted octanol–water partition coefficient (Wildman–Crippen LogP) is 1.82. The number of aromatic nitrogens is 1. The molecule has 1 amide bonds. The van der Waals surface area contributed by atoms with Gasteiger partial charge in [0.2, 0.25) is 0 Å². The first-order chi connectivity index (χ1) is 14.6. The number of nitrogens with zero attached hydrogens (tertiary/aromatic N) is 2. The van der Waals surface area contributed by atoms with E-state index in [0.717, 1.165) is 33.6 Å². The van der Waals surface area contributed by atoms with Gasteiger partial charge in [0, 0.05) is 41.5 Å². The van der Waals surface area contributed by atoms with Crippen LogP contribution in [0.2, 0.25) is 0 Å². The molecule has 0 radical (unpaired) electrons. The molecule has 4 rings (SSSR count). The molecule has 9 heteroatoms. The number of hydrogen-bond donors (Lipinski definition) is 3. The normalized spacial score (nSPS) is 23.9. The summed E-state index contributed by atoms with van der Waals surface area (Å²) in [6.07, 6.45) is 0.417. The van der Waals surface area contributed by atoms with Gasteiger partial charge in [-0.3, -0.25) is 0 Å². The van der Waals surface area contributed by atoms with E-state index in [1.54, 1.807) is 6.20 Å². The molecule has 30 heavy (non-hydrogen) atoms. The van der Waals surface area contributed by atoms with Gasteiger partial charge in [-0.1, -0.05) is 30.3 Å². The van der Waals surface area contributed by atoms with Gasteiger partial charge in [-0.05, 0) is 34.2 Å². The van der Waals surface area contributed by atoms with E-state index in [2.05, 4.69) is 38.2 Å². The molecular formula is C21H25IN4O4. The molecule has 1 aromatic carbocycles. The molecule has 3 N–H and O–H groups in total. The lowest BCUT2D eigenvalue weighted by molar-refractivity contribution is 0.0273. The van der Waals surface area contributed by atoms with Gasteiger partial charge in [-0.25, -0.2) is 9.78 Å². The lowest BCUT2D eigenvalue weighted by atomic mass is 10.1. The van der Waals surface area contributed by atoms with Crippen molar-refractivity contribution < 1.29 is 19.4 Å². The number of hydrogen-bond acceptors (Lipinski definition) is 7. The Balaban J connectivity index is 1.40. The summed E-state index contributed by atoms with van der Waals surface area (Å²) in [7, 11) is 0. The van der Waals surface area contributed by atoms with Crippen LogP contribution < -0.4 is 15.5 Å². The Morgan fingerprint density at radius 3 is 2.93 bits per heavy atom. The molecule has 2 saturated heterocycles. The van der Waals surface area contributed by atoms with Crippen LogP contribution in [0.1, 0.15) is 17.2 Å². The number of morpholine rings is 1. The zero-order chi connectivity index (χ0) is 20.9. The number of halogens is 1. The third kappa shape index (κ3) is 5.02.